The molecule has 0 bridgehead atoms. The van der Waals surface area contributed by atoms with Gasteiger partial charge in [0.25, 0.3) is 0 Å². The van der Waals surface area contributed by atoms with Crippen molar-refractivity contribution in [3.05, 3.63) is 65.2 Å². The van der Waals surface area contributed by atoms with Crippen molar-refractivity contribution >= 4 is 23.0 Å². The smallest absolute Gasteiger partial charge is 0.163 e. The van der Waals surface area contributed by atoms with E-state index in [0.29, 0.717) is 11.7 Å². The van der Waals surface area contributed by atoms with E-state index in [4.69, 9.17) is 18.0 Å². The maximum Gasteiger partial charge on any atom is 0.163 e. The standard InChI is InChI=1S/C16H17N3S/c17-16(20)18-10-15-13-7-3-1-5-11(13)9-12-6-2-4-8-14(12)19-15/h1-8,15,19H,9-10H2,(H3,17,18,20). The molecule has 0 aliphatic carbocycles. The van der Waals surface area contributed by atoms with E-state index in [0.717, 1.165) is 6.42 Å². The average molecular weight is 283 g/mol. The maximum absolute atomic E-state index is 5.56. The molecule has 1 heterocycles. The molecule has 0 saturated heterocycles. The van der Waals surface area contributed by atoms with Crippen LogP contribution in [0.5, 0.6) is 0 Å². The zero-order chi connectivity index (χ0) is 13.9. The van der Waals surface area contributed by atoms with Gasteiger partial charge >= 0.3 is 0 Å². The van der Waals surface area contributed by atoms with Crippen LogP contribution in [0.4, 0.5) is 5.69 Å². The summed E-state index contributed by atoms with van der Waals surface area (Å²) >= 11 is 4.91. The minimum absolute atomic E-state index is 0.163. The lowest BCUT2D eigenvalue weighted by Gasteiger charge is -2.21. The molecule has 102 valence electrons. The number of benzene rings is 2. The Balaban J connectivity index is 1.99. The number of nitrogens with two attached hydrogens (primary N) is 1. The molecule has 3 rings (SSSR count). The van der Waals surface area contributed by atoms with Crippen LogP contribution in [0.2, 0.25) is 0 Å². The van der Waals surface area contributed by atoms with E-state index in [1.54, 1.807) is 0 Å². The predicted molar refractivity (Wildman–Crippen MR) is 86.8 cm³/mol. The van der Waals surface area contributed by atoms with Gasteiger partial charge in [0.2, 0.25) is 0 Å². The zero-order valence-corrected chi connectivity index (χ0v) is 11.9. The van der Waals surface area contributed by atoms with Crippen LogP contribution in [0.15, 0.2) is 48.5 Å². The third-order valence-corrected chi connectivity index (χ3v) is 3.78. The summed E-state index contributed by atoms with van der Waals surface area (Å²) in [6, 6.07) is 17.1. The number of anilines is 1. The van der Waals surface area contributed by atoms with E-state index in [2.05, 4.69) is 59.2 Å². The number of nitrogens with one attached hydrogen (secondary N) is 2. The van der Waals surface area contributed by atoms with Crippen LogP contribution in [0.3, 0.4) is 0 Å². The largest absolute Gasteiger partial charge is 0.376 e. The van der Waals surface area contributed by atoms with Gasteiger partial charge in [-0.05, 0) is 41.4 Å². The van der Waals surface area contributed by atoms with Crippen molar-refractivity contribution < 1.29 is 0 Å². The fourth-order valence-corrected chi connectivity index (χ4v) is 2.77. The number of rotatable bonds is 2. The highest BCUT2D eigenvalue weighted by Crippen LogP contribution is 2.31. The molecule has 0 amide bonds. The Morgan fingerprint density at radius 1 is 1.15 bits per heavy atom. The first-order valence-electron chi connectivity index (χ1n) is 6.69. The quantitative estimate of drug-likeness (QED) is 0.742. The third-order valence-electron chi connectivity index (χ3n) is 3.64. The Hall–Kier alpha value is -2.07. The molecule has 1 unspecified atom stereocenters. The van der Waals surface area contributed by atoms with Crippen LogP contribution in [0.1, 0.15) is 22.7 Å². The van der Waals surface area contributed by atoms with E-state index < -0.39 is 0 Å². The summed E-state index contributed by atoms with van der Waals surface area (Å²) in [5.74, 6) is 0. The predicted octanol–water partition coefficient (Wildman–Crippen LogP) is 2.58. The molecule has 1 aliphatic rings. The summed E-state index contributed by atoms with van der Waals surface area (Å²) in [6.45, 7) is 0.681. The molecule has 2 aromatic carbocycles. The number of hydrogen-bond donors (Lipinski definition) is 3. The van der Waals surface area contributed by atoms with E-state index in [9.17, 15) is 0 Å². The van der Waals surface area contributed by atoms with Gasteiger partial charge in [0.05, 0.1) is 6.04 Å². The van der Waals surface area contributed by atoms with Crippen molar-refractivity contribution in [2.24, 2.45) is 5.73 Å². The number of para-hydroxylation sites is 1. The SMILES string of the molecule is NC(=S)NCC1Nc2ccccc2Cc2ccccc21. The first kappa shape index (κ1) is 12.9. The molecule has 0 saturated carbocycles. The molecule has 2 aromatic rings. The lowest BCUT2D eigenvalue weighted by atomic mass is 9.97. The van der Waals surface area contributed by atoms with Crippen molar-refractivity contribution in [3.8, 4) is 0 Å². The minimum Gasteiger partial charge on any atom is -0.376 e. The van der Waals surface area contributed by atoms with Crippen molar-refractivity contribution in [2.45, 2.75) is 12.5 Å². The van der Waals surface area contributed by atoms with Crippen LogP contribution in [0, 0.1) is 0 Å². The second kappa shape index (κ2) is 5.51. The Morgan fingerprint density at radius 2 is 1.85 bits per heavy atom. The van der Waals surface area contributed by atoms with Crippen LogP contribution < -0.4 is 16.4 Å². The van der Waals surface area contributed by atoms with Gasteiger partial charge < -0.3 is 16.4 Å². The van der Waals surface area contributed by atoms with E-state index >= 15 is 0 Å². The lowest BCUT2D eigenvalue weighted by molar-refractivity contribution is 0.734. The second-order valence-electron chi connectivity index (χ2n) is 4.97. The number of fused-ring (bicyclic) bond motifs is 2. The summed E-state index contributed by atoms with van der Waals surface area (Å²) < 4.78 is 0. The Morgan fingerprint density at radius 3 is 2.65 bits per heavy atom. The summed E-state index contributed by atoms with van der Waals surface area (Å²) in [6.07, 6.45) is 0.947. The fourth-order valence-electron chi connectivity index (χ4n) is 2.68. The van der Waals surface area contributed by atoms with Crippen molar-refractivity contribution in [3.63, 3.8) is 0 Å². The van der Waals surface area contributed by atoms with Gasteiger partial charge in [-0.2, -0.15) is 0 Å². The fraction of sp³-hybridized carbons (Fsp3) is 0.188. The highest BCUT2D eigenvalue weighted by Gasteiger charge is 2.20. The Bertz CT molecular complexity index is 639. The van der Waals surface area contributed by atoms with Crippen LogP contribution in [0.25, 0.3) is 0 Å². The molecule has 0 spiro atoms. The molecule has 1 atom stereocenters. The molecule has 0 aromatic heterocycles. The van der Waals surface area contributed by atoms with E-state index in [-0.39, 0.29) is 6.04 Å². The summed E-state index contributed by atoms with van der Waals surface area (Å²) in [4.78, 5) is 0. The van der Waals surface area contributed by atoms with Crippen LogP contribution in [-0.4, -0.2) is 11.7 Å². The summed E-state index contributed by atoms with van der Waals surface area (Å²) in [7, 11) is 0. The van der Waals surface area contributed by atoms with Crippen LogP contribution in [-0.2, 0) is 6.42 Å². The Kier molecular flexibility index (Phi) is 3.56. The van der Waals surface area contributed by atoms with E-state index in [1.165, 1.54) is 22.4 Å². The molecule has 4 N–H and O–H groups in total. The summed E-state index contributed by atoms with van der Waals surface area (Å²) in [5, 5.41) is 6.99. The molecule has 1 aliphatic heterocycles. The second-order valence-corrected chi connectivity index (χ2v) is 5.41. The van der Waals surface area contributed by atoms with Gasteiger partial charge in [0.1, 0.15) is 0 Å². The third kappa shape index (κ3) is 2.60. The van der Waals surface area contributed by atoms with Gasteiger partial charge in [-0.1, -0.05) is 42.5 Å². The maximum atomic E-state index is 5.56. The normalized spacial score (nSPS) is 16.3. The number of hydrogen-bond acceptors (Lipinski definition) is 2. The van der Waals surface area contributed by atoms with Gasteiger partial charge in [-0.3, -0.25) is 0 Å². The van der Waals surface area contributed by atoms with E-state index in [1.807, 2.05) is 0 Å². The van der Waals surface area contributed by atoms with Crippen molar-refractivity contribution in [1.82, 2.24) is 5.32 Å². The van der Waals surface area contributed by atoms with Gasteiger partial charge in [-0.25, -0.2) is 0 Å². The highest BCUT2D eigenvalue weighted by molar-refractivity contribution is 7.80. The molecule has 3 nitrogen and oxygen atoms in total. The van der Waals surface area contributed by atoms with Crippen molar-refractivity contribution in [2.75, 3.05) is 11.9 Å². The molecule has 0 radical (unpaired) electrons. The average Bonchev–Trinajstić information content (AvgIpc) is 2.61. The highest BCUT2D eigenvalue weighted by atomic mass is 32.1. The van der Waals surface area contributed by atoms with Crippen molar-refractivity contribution in [1.29, 1.82) is 0 Å². The number of thiocarbonyl (C=S) groups is 1. The lowest BCUT2D eigenvalue weighted by Crippen LogP contribution is -2.35. The molecule has 4 heteroatoms. The van der Waals surface area contributed by atoms with Gasteiger partial charge in [0, 0.05) is 12.2 Å². The first-order valence-corrected chi connectivity index (χ1v) is 7.10. The molecular formula is C16H17N3S. The molecular weight excluding hydrogens is 266 g/mol. The first-order chi connectivity index (χ1) is 9.74. The van der Waals surface area contributed by atoms with Crippen LogP contribution >= 0.6 is 12.2 Å². The monoisotopic (exact) mass is 283 g/mol. The van der Waals surface area contributed by atoms with Gasteiger partial charge in [0.15, 0.2) is 5.11 Å². The minimum atomic E-state index is 0.163. The topological polar surface area (TPSA) is 50.1 Å². The van der Waals surface area contributed by atoms with Gasteiger partial charge in [-0.15, -0.1) is 0 Å². The molecule has 0 fully saturated rings. The molecule has 20 heavy (non-hydrogen) atoms. The zero-order valence-electron chi connectivity index (χ0n) is 11.1. The summed E-state index contributed by atoms with van der Waals surface area (Å²) in [5.41, 5.74) is 10.7. The Labute approximate surface area is 124 Å².